The number of hydrogen-bond acceptors (Lipinski definition) is 3. The summed E-state index contributed by atoms with van der Waals surface area (Å²) in [6, 6.07) is 0. The average molecular weight is 201 g/mol. The molecule has 0 saturated heterocycles. The molecule has 1 aromatic rings. The molecule has 0 spiro atoms. The van der Waals surface area contributed by atoms with Crippen LogP contribution in [0.5, 0.6) is 0 Å². The second-order valence-corrected chi connectivity index (χ2v) is 2.88. The smallest absolute Gasteiger partial charge is 0.339 e. The first kappa shape index (κ1) is 9.80. The molecule has 1 heterocycles. The van der Waals surface area contributed by atoms with Crippen LogP contribution in [-0.2, 0) is 0 Å². The lowest BCUT2D eigenvalue weighted by molar-refractivity contribution is 0.0697. The third-order valence-electron chi connectivity index (χ3n) is 1.74. The first-order chi connectivity index (χ1) is 6.07. The predicted molar refractivity (Wildman–Crippen MR) is 50.5 cm³/mol. The maximum atomic E-state index is 10.7. The normalized spacial score (nSPS) is 9.77. The van der Waals surface area contributed by atoms with Crippen molar-refractivity contribution >= 4 is 23.3 Å². The lowest BCUT2D eigenvalue weighted by atomic mass is 10.1. The summed E-state index contributed by atoms with van der Waals surface area (Å²) in [6.45, 7) is 1.72. The van der Waals surface area contributed by atoms with Crippen LogP contribution < -0.4 is 5.32 Å². The SMILES string of the molecule is CNc1c(C(=O)O)cnc(Cl)c1C. The van der Waals surface area contributed by atoms with Crippen LogP contribution in [-0.4, -0.2) is 23.1 Å². The van der Waals surface area contributed by atoms with E-state index < -0.39 is 5.97 Å². The van der Waals surface area contributed by atoms with Crippen molar-refractivity contribution in [3.63, 3.8) is 0 Å². The molecule has 0 aliphatic rings. The highest BCUT2D eigenvalue weighted by Gasteiger charge is 2.13. The van der Waals surface area contributed by atoms with E-state index in [4.69, 9.17) is 16.7 Å². The van der Waals surface area contributed by atoms with E-state index in [1.807, 2.05) is 0 Å². The molecular weight excluding hydrogens is 192 g/mol. The zero-order chi connectivity index (χ0) is 10.0. The Morgan fingerprint density at radius 3 is 2.77 bits per heavy atom. The molecule has 0 bridgehead atoms. The van der Waals surface area contributed by atoms with E-state index in [-0.39, 0.29) is 5.56 Å². The molecule has 2 N–H and O–H groups in total. The zero-order valence-electron chi connectivity index (χ0n) is 7.26. The fourth-order valence-corrected chi connectivity index (χ4v) is 1.22. The van der Waals surface area contributed by atoms with Crippen LogP contribution in [0.4, 0.5) is 5.69 Å². The van der Waals surface area contributed by atoms with Crippen molar-refractivity contribution < 1.29 is 9.90 Å². The molecular formula is C8H9ClN2O2. The van der Waals surface area contributed by atoms with Gasteiger partial charge >= 0.3 is 5.97 Å². The lowest BCUT2D eigenvalue weighted by Gasteiger charge is -2.08. The van der Waals surface area contributed by atoms with Gasteiger partial charge in [-0.15, -0.1) is 0 Å². The number of nitrogens with one attached hydrogen (secondary N) is 1. The van der Waals surface area contributed by atoms with E-state index in [9.17, 15) is 4.79 Å². The molecule has 0 aromatic carbocycles. The first-order valence-corrected chi connectivity index (χ1v) is 4.02. The monoisotopic (exact) mass is 200 g/mol. The summed E-state index contributed by atoms with van der Waals surface area (Å²) in [5.41, 5.74) is 1.28. The second-order valence-electron chi connectivity index (χ2n) is 2.52. The van der Waals surface area contributed by atoms with Gasteiger partial charge in [0.25, 0.3) is 0 Å². The van der Waals surface area contributed by atoms with Crippen LogP contribution in [0.1, 0.15) is 15.9 Å². The number of halogens is 1. The van der Waals surface area contributed by atoms with E-state index in [2.05, 4.69) is 10.3 Å². The van der Waals surface area contributed by atoms with Gasteiger partial charge in [-0.2, -0.15) is 0 Å². The first-order valence-electron chi connectivity index (χ1n) is 3.64. The Hall–Kier alpha value is -1.29. The standard InChI is InChI=1S/C8H9ClN2O2/c1-4-6(10-2)5(8(12)13)3-11-7(4)9/h3H,1-2H3,(H,10,11)(H,12,13). The van der Waals surface area contributed by atoms with Crippen molar-refractivity contribution in [2.75, 3.05) is 12.4 Å². The van der Waals surface area contributed by atoms with E-state index in [0.29, 0.717) is 16.4 Å². The Labute approximate surface area is 80.6 Å². The fraction of sp³-hybridized carbons (Fsp3) is 0.250. The molecule has 0 saturated carbocycles. The summed E-state index contributed by atoms with van der Waals surface area (Å²) in [6.07, 6.45) is 1.24. The van der Waals surface area contributed by atoms with E-state index in [1.165, 1.54) is 6.20 Å². The Kier molecular flexibility index (Phi) is 2.72. The Morgan fingerprint density at radius 1 is 1.69 bits per heavy atom. The molecule has 0 radical (unpaired) electrons. The average Bonchev–Trinajstić information content (AvgIpc) is 2.09. The van der Waals surface area contributed by atoms with Gasteiger partial charge in [0.15, 0.2) is 0 Å². The zero-order valence-corrected chi connectivity index (χ0v) is 8.01. The molecule has 70 valence electrons. The van der Waals surface area contributed by atoms with Gasteiger partial charge in [-0.05, 0) is 6.92 Å². The summed E-state index contributed by atoms with van der Waals surface area (Å²) in [5, 5.41) is 11.9. The van der Waals surface area contributed by atoms with Crippen molar-refractivity contribution in [1.82, 2.24) is 4.98 Å². The van der Waals surface area contributed by atoms with Gasteiger partial charge < -0.3 is 10.4 Å². The molecule has 1 rings (SSSR count). The molecule has 5 heteroatoms. The van der Waals surface area contributed by atoms with Crippen LogP contribution in [0.25, 0.3) is 0 Å². The van der Waals surface area contributed by atoms with Crippen LogP contribution >= 0.6 is 11.6 Å². The molecule has 0 fully saturated rings. The number of pyridine rings is 1. The largest absolute Gasteiger partial charge is 0.478 e. The molecule has 0 unspecified atom stereocenters. The Bertz CT molecular complexity index is 352. The maximum absolute atomic E-state index is 10.7. The molecule has 0 aliphatic heterocycles. The van der Waals surface area contributed by atoms with Gasteiger partial charge in [-0.3, -0.25) is 0 Å². The van der Waals surface area contributed by atoms with Gasteiger partial charge in [0.1, 0.15) is 10.7 Å². The summed E-state index contributed by atoms with van der Waals surface area (Å²) >= 11 is 5.73. The Balaban J connectivity index is 3.38. The van der Waals surface area contributed by atoms with Crippen LogP contribution in [0, 0.1) is 6.92 Å². The number of nitrogens with zero attached hydrogens (tertiary/aromatic N) is 1. The van der Waals surface area contributed by atoms with E-state index >= 15 is 0 Å². The van der Waals surface area contributed by atoms with Crippen molar-refractivity contribution in [1.29, 1.82) is 0 Å². The number of carboxylic acids is 1. The second kappa shape index (κ2) is 3.62. The van der Waals surface area contributed by atoms with E-state index in [0.717, 1.165) is 0 Å². The molecule has 13 heavy (non-hydrogen) atoms. The topological polar surface area (TPSA) is 62.2 Å². The number of carbonyl (C=O) groups is 1. The number of aromatic nitrogens is 1. The minimum atomic E-state index is -1.02. The van der Waals surface area contributed by atoms with Crippen LogP contribution in [0.3, 0.4) is 0 Å². The number of aromatic carboxylic acids is 1. The van der Waals surface area contributed by atoms with Gasteiger partial charge in [0.05, 0.1) is 5.69 Å². The van der Waals surface area contributed by atoms with E-state index in [1.54, 1.807) is 14.0 Å². The third kappa shape index (κ3) is 1.72. The highest BCUT2D eigenvalue weighted by Crippen LogP contribution is 2.24. The van der Waals surface area contributed by atoms with Gasteiger partial charge in [-0.1, -0.05) is 11.6 Å². The minimum Gasteiger partial charge on any atom is -0.478 e. The number of rotatable bonds is 2. The highest BCUT2D eigenvalue weighted by molar-refractivity contribution is 6.30. The molecule has 1 aromatic heterocycles. The predicted octanol–water partition coefficient (Wildman–Crippen LogP) is 1.78. The maximum Gasteiger partial charge on any atom is 0.339 e. The summed E-state index contributed by atoms with van der Waals surface area (Å²) < 4.78 is 0. The fourth-order valence-electron chi connectivity index (χ4n) is 1.07. The molecule has 0 amide bonds. The van der Waals surface area contributed by atoms with Crippen molar-refractivity contribution in [2.24, 2.45) is 0 Å². The van der Waals surface area contributed by atoms with Crippen molar-refractivity contribution in [2.45, 2.75) is 6.92 Å². The quantitative estimate of drug-likeness (QED) is 0.715. The highest BCUT2D eigenvalue weighted by atomic mass is 35.5. The molecule has 4 nitrogen and oxygen atoms in total. The van der Waals surface area contributed by atoms with Gasteiger partial charge in [0.2, 0.25) is 0 Å². The van der Waals surface area contributed by atoms with Crippen molar-refractivity contribution in [3.8, 4) is 0 Å². The summed E-state index contributed by atoms with van der Waals surface area (Å²) in [5.74, 6) is -1.02. The summed E-state index contributed by atoms with van der Waals surface area (Å²) in [7, 11) is 1.64. The van der Waals surface area contributed by atoms with Crippen LogP contribution in [0.2, 0.25) is 5.15 Å². The molecule has 0 atom stereocenters. The number of carboxylic acid groups (broad SMARTS) is 1. The molecule has 0 aliphatic carbocycles. The number of anilines is 1. The van der Waals surface area contributed by atoms with Gasteiger partial charge in [-0.25, -0.2) is 9.78 Å². The Morgan fingerprint density at radius 2 is 2.31 bits per heavy atom. The van der Waals surface area contributed by atoms with Crippen LogP contribution in [0.15, 0.2) is 6.20 Å². The van der Waals surface area contributed by atoms with Crippen molar-refractivity contribution in [3.05, 3.63) is 22.5 Å². The lowest BCUT2D eigenvalue weighted by Crippen LogP contribution is -2.05. The minimum absolute atomic E-state index is 0.129. The van der Waals surface area contributed by atoms with Gasteiger partial charge in [0, 0.05) is 18.8 Å². The third-order valence-corrected chi connectivity index (χ3v) is 2.12. The summed E-state index contributed by atoms with van der Waals surface area (Å²) in [4.78, 5) is 14.5. The number of hydrogen-bond donors (Lipinski definition) is 2.